The first-order valence-corrected chi connectivity index (χ1v) is 19.8. The summed E-state index contributed by atoms with van der Waals surface area (Å²) in [6.45, 7) is 5.22. The summed E-state index contributed by atoms with van der Waals surface area (Å²) in [6, 6.07) is 1.03. The fraction of sp³-hybridized carbons (Fsp3) is 0.500. The molecule has 0 aliphatic heterocycles. The maximum absolute atomic E-state index is 14.2. The molecule has 6 amide bonds. The normalized spacial score (nSPS) is 14.6. The molecule has 2 heterocycles. The molecule has 3 rings (SSSR count). The van der Waals surface area contributed by atoms with Gasteiger partial charge in [-0.3, -0.25) is 28.8 Å². The van der Waals surface area contributed by atoms with Crippen molar-refractivity contribution in [3.8, 4) is 5.75 Å². The number of aliphatic hydroxyl groups excluding tert-OH is 1. The van der Waals surface area contributed by atoms with E-state index in [9.17, 15) is 39.0 Å². The molecule has 1 unspecified atom stereocenters. The number of quaternary nitrogens is 1. The van der Waals surface area contributed by atoms with E-state index < -0.39 is 78.2 Å². The van der Waals surface area contributed by atoms with Gasteiger partial charge in [0.15, 0.2) is 5.69 Å². The Hall–Kier alpha value is -5.04. The molecule has 57 heavy (non-hydrogen) atoms. The predicted molar refractivity (Wildman–Crippen MR) is 213 cm³/mol. The van der Waals surface area contributed by atoms with Crippen LogP contribution < -0.4 is 32.3 Å². The number of primary amides is 1. The Morgan fingerprint density at radius 3 is 2.16 bits per heavy atom. The zero-order chi connectivity index (χ0) is 42.4. The van der Waals surface area contributed by atoms with E-state index >= 15 is 0 Å². The highest BCUT2D eigenvalue weighted by molar-refractivity contribution is 7.08. The van der Waals surface area contributed by atoms with Crippen LogP contribution in [0.25, 0.3) is 0 Å². The molecule has 0 saturated heterocycles. The van der Waals surface area contributed by atoms with Crippen LogP contribution in [0.15, 0.2) is 45.6 Å². The Kier molecular flexibility index (Phi) is 17.5. The second-order valence-corrected chi connectivity index (χ2v) is 16.1. The SMILES string of the molecule is CC[C@H](C)C(NC(=O)[C@@H](NC(=O)[C@H](Cc1ccc(O)c(Cl)c1)NC(=O)c1cc(C)on1)c1ccsc1)C(=O)N[C@@H](CCCC[N+](C)(C)C)C(=O)N[C@@H](CO)C(N)=O. The van der Waals surface area contributed by atoms with Crippen molar-refractivity contribution in [2.24, 2.45) is 11.7 Å². The Balaban J connectivity index is 1.89. The van der Waals surface area contributed by atoms with Crippen molar-refractivity contribution in [3.63, 3.8) is 0 Å². The second kappa shape index (κ2) is 21.5. The molecule has 0 fully saturated rings. The first-order chi connectivity index (χ1) is 26.8. The largest absolute Gasteiger partial charge is 0.506 e. The van der Waals surface area contributed by atoms with Gasteiger partial charge in [-0.05, 0) is 72.2 Å². The number of aromatic hydroxyl groups is 1. The fourth-order valence-corrected chi connectivity index (χ4v) is 6.58. The number of nitrogens with two attached hydrogens (primary N) is 1. The zero-order valence-corrected chi connectivity index (χ0v) is 34.5. The van der Waals surface area contributed by atoms with Crippen LogP contribution in [0, 0.1) is 12.8 Å². The lowest BCUT2D eigenvalue weighted by atomic mass is 9.96. The number of thiophene rings is 1. The highest BCUT2D eigenvalue weighted by Crippen LogP contribution is 2.25. The number of aryl methyl sites for hydroxylation is 1. The van der Waals surface area contributed by atoms with Crippen LogP contribution in [0.1, 0.15) is 72.9 Å². The number of carbonyl (C=O) groups excluding carboxylic acids is 6. The van der Waals surface area contributed by atoms with E-state index in [-0.39, 0.29) is 29.3 Å². The van der Waals surface area contributed by atoms with E-state index in [1.165, 1.54) is 35.6 Å². The van der Waals surface area contributed by atoms with Gasteiger partial charge in [0.05, 0.1) is 39.3 Å². The van der Waals surface area contributed by atoms with Gasteiger partial charge in [0, 0.05) is 12.5 Å². The van der Waals surface area contributed by atoms with Crippen molar-refractivity contribution in [2.45, 2.75) is 83.1 Å². The summed E-state index contributed by atoms with van der Waals surface area (Å²) in [5, 5.41) is 39.9. The Labute approximate surface area is 340 Å². The number of aromatic nitrogens is 1. The standard InChI is InChI=1S/C38H53ClN8O9S/c1-7-21(2)31(37(54)41-26(10-8-9-14-47(4,5)6)34(51)43-29(19-48)33(40)50)44-38(55)32(24-13-15-57-20-24)45-35(52)27(18-23-11-12-30(49)25(39)17-23)42-36(53)28-16-22(3)56-46-28/h11-13,15-17,20-21,26-27,29,31-32,48H,7-10,14,18-19H2,1-6H3,(H7-,40,41,42,43,44,45,49,50,51,52,53,54,55)/p+1/t21-,26-,27-,29-,31?,32-/m0/s1. The highest BCUT2D eigenvalue weighted by atomic mass is 35.5. The number of hydrogen-bond acceptors (Lipinski definition) is 11. The number of unbranched alkanes of at least 4 members (excludes halogenated alkanes) is 1. The topological polar surface area (TPSA) is 255 Å². The molecule has 0 aliphatic carbocycles. The summed E-state index contributed by atoms with van der Waals surface area (Å²) < 4.78 is 5.70. The smallest absolute Gasteiger partial charge is 0.274 e. The lowest BCUT2D eigenvalue weighted by molar-refractivity contribution is -0.870. The second-order valence-electron chi connectivity index (χ2n) is 14.9. The maximum atomic E-state index is 14.2. The number of hydrogen-bond donors (Lipinski definition) is 8. The van der Waals surface area contributed by atoms with Gasteiger partial charge in [-0.15, -0.1) is 0 Å². The van der Waals surface area contributed by atoms with Crippen LogP contribution >= 0.6 is 22.9 Å². The van der Waals surface area contributed by atoms with Crippen molar-refractivity contribution in [3.05, 3.63) is 68.7 Å². The molecule has 0 aliphatic rings. The summed E-state index contributed by atoms with van der Waals surface area (Å²) in [4.78, 5) is 80.6. The van der Waals surface area contributed by atoms with Crippen molar-refractivity contribution in [2.75, 3.05) is 34.3 Å². The number of nitrogens with zero attached hydrogens (tertiary/aromatic N) is 2. The van der Waals surface area contributed by atoms with Gasteiger partial charge in [0.2, 0.25) is 29.5 Å². The molecule has 0 radical (unpaired) electrons. The third-order valence-corrected chi connectivity index (χ3v) is 10.2. The first kappa shape index (κ1) is 46.3. The molecule has 2 aromatic heterocycles. The monoisotopic (exact) mass is 833 g/mol. The van der Waals surface area contributed by atoms with Crippen molar-refractivity contribution >= 4 is 58.4 Å². The minimum Gasteiger partial charge on any atom is -0.506 e. The number of nitrogens with one attached hydrogen (secondary N) is 5. The van der Waals surface area contributed by atoms with E-state index in [0.717, 1.165) is 13.0 Å². The Morgan fingerprint density at radius 2 is 1.60 bits per heavy atom. The fourth-order valence-electron chi connectivity index (χ4n) is 5.69. The van der Waals surface area contributed by atoms with Gasteiger partial charge >= 0.3 is 0 Å². The van der Waals surface area contributed by atoms with E-state index in [1.807, 2.05) is 28.1 Å². The average Bonchev–Trinajstić information content (AvgIpc) is 3.85. The summed E-state index contributed by atoms with van der Waals surface area (Å²) in [7, 11) is 6.08. The molecule has 3 aromatic rings. The van der Waals surface area contributed by atoms with Crippen molar-refractivity contribution in [1.82, 2.24) is 31.7 Å². The molecular weight excluding hydrogens is 780 g/mol. The van der Waals surface area contributed by atoms with Crippen LogP contribution in [0.2, 0.25) is 5.02 Å². The number of phenolic OH excluding ortho intramolecular Hbond substituents is 1. The van der Waals surface area contributed by atoms with Crippen LogP contribution in [0.5, 0.6) is 5.75 Å². The van der Waals surface area contributed by atoms with E-state index in [0.29, 0.717) is 34.2 Å². The third-order valence-electron chi connectivity index (χ3n) is 9.20. The summed E-state index contributed by atoms with van der Waals surface area (Å²) in [5.74, 6) is -4.86. The van der Waals surface area contributed by atoms with Gasteiger partial charge in [-0.25, -0.2) is 0 Å². The molecule has 0 saturated carbocycles. The lowest BCUT2D eigenvalue weighted by Gasteiger charge is -2.29. The van der Waals surface area contributed by atoms with E-state index in [1.54, 1.807) is 30.7 Å². The van der Waals surface area contributed by atoms with Crippen molar-refractivity contribution in [1.29, 1.82) is 0 Å². The molecule has 312 valence electrons. The summed E-state index contributed by atoms with van der Waals surface area (Å²) >= 11 is 7.40. The van der Waals surface area contributed by atoms with Gasteiger partial charge in [0.25, 0.3) is 5.91 Å². The number of amides is 6. The number of rotatable bonds is 22. The predicted octanol–water partition coefficient (Wildman–Crippen LogP) is 1.46. The molecule has 0 spiro atoms. The van der Waals surface area contributed by atoms with Gasteiger partial charge in [0.1, 0.15) is 41.7 Å². The first-order valence-electron chi connectivity index (χ1n) is 18.5. The van der Waals surface area contributed by atoms with E-state index in [4.69, 9.17) is 21.9 Å². The van der Waals surface area contributed by atoms with Gasteiger partial charge < -0.3 is 51.5 Å². The molecule has 0 bridgehead atoms. The highest BCUT2D eigenvalue weighted by Gasteiger charge is 2.35. The van der Waals surface area contributed by atoms with Gasteiger partial charge in [-0.1, -0.05) is 43.1 Å². The van der Waals surface area contributed by atoms with Crippen molar-refractivity contribution < 1.29 is 48.0 Å². The molecule has 9 N–H and O–H groups in total. The number of aliphatic hydroxyl groups is 1. The lowest BCUT2D eigenvalue weighted by Crippen LogP contribution is -2.59. The minimum atomic E-state index is -1.37. The van der Waals surface area contributed by atoms with Gasteiger partial charge in [-0.2, -0.15) is 11.3 Å². The van der Waals surface area contributed by atoms with Crippen LogP contribution in [0.3, 0.4) is 0 Å². The van der Waals surface area contributed by atoms with Crippen LogP contribution in [-0.4, -0.2) is 114 Å². The van der Waals surface area contributed by atoms with Crippen LogP contribution in [-0.2, 0) is 30.4 Å². The number of phenols is 1. The number of carbonyl (C=O) groups is 6. The molecule has 6 atom stereocenters. The molecule has 1 aromatic carbocycles. The van der Waals surface area contributed by atoms with Crippen LogP contribution in [0.4, 0.5) is 0 Å². The minimum absolute atomic E-state index is 0.0277. The summed E-state index contributed by atoms with van der Waals surface area (Å²) in [5.41, 5.74) is 6.13. The Bertz CT molecular complexity index is 1850. The molecule has 17 nitrogen and oxygen atoms in total. The third kappa shape index (κ3) is 14.4. The van der Waals surface area contributed by atoms with E-state index in [2.05, 4.69) is 31.7 Å². The zero-order valence-electron chi connectivity index (χ0n) is 33.0. The molecule has 19 heteroatoms. The number of halogens is 1. The maximum Gasteiger partial charge on any atom is 0.274 e. The summed E-state index contributed by atoms with van der Waals surface area (Å²) in [6.07, 6.45) is 1.78. The Morgan fingerprint density at radius 1 is 0.912 bits per heavy atom. The number of benzene rings is 1. The molecular formula is C38H54ClN8O9S+. The quantitative estimate of drug-likeness (QED) is 0.0534. The average molecular weight is 834 g/mol.